The first-order chi connectivity index (χ1) is 8.73. The van der Waals surface area contributed by atoms with E-state index in [0.29, 0.717) is 19.2 Å². The molecule has 0 amide bonds. The average molecular weight is 290 g/mol. The summed E-state index contributed by atoms with van der Waals surface area (Å²) in [7, 11) is -3.96. The Hall–Kier alpha value is -1.21. The van der Waals surface area contributed by atoms with E-state index in [-0.39, 0.29) is 17.5 Å². The molecule has 106 valence electrons. The molecule has 2 N–H and O–H groups in total. The highest BCUT2D eigenvalue weighted by Gasteiger charge is 2.36. The predicted octanol–water partition coefficient (Wildman–Crippen LogP) is 1.82. The molecule has 0 spiro atoms. The topological polar surface area (TPSA) is 63.4 Å². The van der Waals surface area contributed by atoms with E-state index in [1.54, 1.807) is 0 Å². The van der Waals surface area contributed by atoms with E-state index in [0.717, 1.165) is 6.07 Å². The smallest absolute Gasteiger partial charge is 0.246 e. The normalized spacial score (nSPS) is 24.8. The number of anilines is 1. The van der Waals surface area contributed by atoms with Gasteiger partial charge in [-0.1, -0.05) is 13.8 Å². The van der Waals surface area contributed by atoms with Crippen molar-refractivity contribution in [3.8, 4) is 0 Å². The predicted molar refractivity (Wildman–Crippen MR) is 67.9 cm³/mol. The summed E-state index contributed by atoms with van der Waals surface area (Å²) in [5.74, 6) is -1.66. The first-order valence-corrected chi connectivity index (χ1v) is 7.42. The number of hydrogen-bond acceptors (Lipinski definition) is 3. The fraction of sp³-hybridized carbons (Fsp3) is 0.500. The van der Waals surface area contributed by atoms with Crippen molar-refractivity contribution in [3.05, 3.63) is 23.8 Å². The van der Waals surface area contributed by atoms with E-state index < -0.39 is 26.6 Å². The molecule has 1 heterocycles. The number of rotatable bonds is 2. The zero-order valence-corrected chi connectivity index (χ0v) is 11.5. The standard InChI is InChI=1S/C12H16F2N2O2S/c1-7-5-16(6-8(7)2)19(17,18)12-4-11(15)9(13)3-10(12)14/h3-4,7-8H,5-6,15H2,1-2H3. The molecule has 1 aliphatic rings. The summed E-state index contributed by atoms with van der Waals surface area (Å²) in [6.07, 6.45) is 0. The van der Waals surface area contributed by atoms with E-state index in [9.17, 15) is 17.2 Å². The Balaban J connectivity index is 2.43. The Labute approximate surface area is 111 Å². The highest BCUT2D eigenvalue weighted by Crippen LogP contribution is 2.30. The Bertz CT molecular complexity index is 594. The van der Waals surface area contributed by atoms with Gasteiger partial charge in [-0.3, -0.25) is 0 Å². The number of benzene rings is 1. The number of hydrogen-bond donors (Lipinski definition) is 1. The fourth-order valence-electron chi connectivity index (χ4n) is 2.15. The zero-order valence-electron chi connectivity index (χ0n) is 10.7. The van der Waals surface area contributed by atoms with Gasteiger partial charge in [0.1, 0.15) is 16.5 Å². The largest absolute Gasteiger partial charge is 0.396 e. The van der Waals surface area contributed by atoms with E-state index >= 15 is 0 Å². The summed E-state index contributed by atoms with van der Waals surface area (Å²) in [4.78, 5) is -0.562. The van der Waals surface area contributed by atoms with Gasteiger partial charge in [0.15, 0.2) is 0 Å². The van der Waals surface area contributed by atoms with Crippen LogP contribution < -0.4 is 5.73 Å². The second kappa shape index (κ2) is 4.72. The van der Waals surface area contributed by atoms with Crippen LogP contribution in [0, 0.1) is 23.5 Å². The molecule has 4 nitrogen and oxygen atoms in total. The van der Waals surface area contributed by atoms with Gasteiger partial charge in [-0.2, -0.15) is 4.31 Å². The molecule has 0 bridgehead atoms. The van der Waals surface area contributed by atoms with Gasteiger partial charge in [0.25, 0.3) is 0 Å². The van der Waals surface area contributed by atoms with Crippen molar-refractivity contribution < 1.29 is 17.2 Å². The van der Waals surface area contributed by atoms with Crippen LogP contribution in [-0.2, 0) is 10.0 Å². The zero-order chi connectivity index (χ0) is 14.4. The number of sulfonamides is 1. The van der Waals surface area contributed by atoms with Crippen LogP contribution in [0.5, 0.6) is 0 Å². The summed E-state index contributed by atoms with van der Waals surface area (Å²) in [5, 5.41) is 0. The molecule has 2 unspecified atom stereocenters. The molecular formula is C12H16F2N2O2S. The van der Waals surface area contributed by atoms with Crippen molar-refractivity contribution in [2.24, 2.45) is 11.8 Å². The molecule has 1 saturated heterocycles. The summed E-state index contributed by atoms with van der Waals surface area (Å²) >= 11 is 0. The van der Waals surface area contributed by atoms with Crippen LogP contribution in [0.1, 0.15) is 13.8 Å². The first kappa shape index (κ1) is 14.2. The number of nitrogen functional groups attached to an aromatic ring is 1. The van der Waals surface area contributed by atoms with Crippen molar-refractivity contribution in [1.82, 2.24) is 4.31 Å². The van der Waals surface area contributed by atoms with Gasteiger partial charge in [0.2, 0.25) is 10.0 Å². The minimum atomic E-state index is -3.96. The van der Waals surface area contributed by atoms with Gasteiger partial charge in [0.05, 0.1) is 5.69 Å². The van der Waals surface area contributed by atoms with E-state index in [1.165, 1.54) is 4.31 Å². The van der Waals surface area contributed by atoms with Crippen LogP contribution >= 0.6 is 0 Å². The second-order valence-corrected chi connectivity index (χ2v) is 6.99. The number of nitrogens with zero attached hydrogens (tertiary/aromatic N) is 1. The second-order valence-electron chi connectivity index (χ2n) is 5.08. The maximum Gasteiger partial charge on any atom is 0.246 e. The van der Waals surface area contributed by atoms with Gasteiger partial charge in [-0.05, 0) is 17.9 Å². The quantitative estimate of drug-likeness (QED) is 0.845. The lowest BCUT2D eigenvalue weighted by atomic mass is 10.0. The van der Waals surface area contributed by atoms with Crippen LogP contribution in [-0.4, -0.2) is 25.8 Å². The SMILES string of the molecule is CC1CN(S(=O)(=O)c2cc(N)c(F)cc2F)CC1C. The van der Waals surface area contributed by atoms with Crippen molar-refractivity contribution in [2.75, 3.05) is 18.8 Å². The van der Waals surface area contributed by atoms with E-state index in [2.05, 4.69) is 0 Å². The summed E-state index contributed by atoms with van der Waals surface area (Å²) < 4.78 is 52.6. The molecule has 1 aromatic rings. The Morgan fingerprint density at radius 2 is 1.68 bits per heavy atom. The molecule has 19 heavy (non-hydrogen) atoms. The fourth-order valence-corrected chi connectivity index (χ4v) is 3.88. The van der Waals surface area contributed by atoms with Gasteiger partial charge in [0, 0.05) is 19.2 Å². The van der Waals surface area contributed by atoms with Crippen LogP contribution in [0.3, 0.4) is 0 Å². The molecule has 0 radical (unpaired) electrons. The summed E-state index contributed by atoms with van der Waals surface area (Å²) in [6.45, 7) is 4.55. The third-order valence-corrected chi connectivity index (χ3v) is 5.47. The minimum absolute atomic E-state index is 0.204. The van der Waals surface area contributed by atoms with Crippen molar-refractivity contribution >= 4 is 15.7 Å². The maximum atomic E-state index is 13.7. The molecule has 1 aromatic carbocycles. The van der Waals surface area contributed by atoms with Gasteiger partial charge >= 0.3 is 0 Å². The molecule has 0 saturated carbocycles. The minimum Gasteiger partial charge on any atom is -0.396 e. The van der Waals surface area contributed by atoms with Crippen LogP contribution in [0.4, 0.5) is 14.5 Å². The maximum absolute atomic E-state index is 13.7. The Kier molecular flexibility index (Phi) is 3.53. The number of halogens is 2. The molecule has 0 aliphatic carbocycles. The third kappa shape index (κ3) is 2.44. The molecule has 2 atom stereocenters. The summed E-state index contributed by atoms with van der Waals surface area (Å²) in [6, 6.07) is 1.35. The van der Waals surface area contributed by atoms with Crippen molar-refractivity contribution in [2.45, 2.75) is 18.7 Å². The third-order valence-electron chi connectivity index (χ3n) is 3.62. The average Bonchev–Trinajstić information content (AvgIpc) is 2.65. The molecule has 0 aromatic heterocycles. The van der Waals surface area contributed by atoms with Crippen molar-refractivity contribution in [1.29, 1.82) is 0 Å². The number of nitrogens with two attached hydrogens (primary N) is 1. The first-order valence-electron chi connectivity index (χ1n) is 5.98. The van der Waals surface area contributed by atoms with Gasteiger partial charge < -0.3 is 5.73 Å². The Morgan fingerprint density at radius 3 is 2.21 bits per heavy atom. The lowest BCUT2D eigenvalue weighted by molar-refractivity contribution is 0.456. The lowest BCUT2D eigenvalue weighted by Gasteiger charge is -2.17. The van der Waals surface area contributed by atoms with E-state index in [1.807, 2.05) is 13.8 Å². The van der Waals surface area contributed by atoms with Crippen LogP contribution in [0.2, 0.25) is 0 Å². The highest BCUT2D eigenvalue weighted by atomic mass is 32.2. The van der Waals surface area contributed by atoms with E-state index in [4.69, 9.17) is 5.73 Å². The molecule has 2 rings (SSSR count). The monoisotopic (exact) mass is 290 g/mol. The van der Waals surface area contributed by atoms with Crippen LogP contribution in [0.15, 0.2) is 17.0 Å². The molecule has 1 fully saturated rings. The van der Waals surface area contributed by atoms with Gasteiger partial charge in [-0.15, -0.1) is 0 Å². The molecule has 1 aliphatic heterocycles. The lowest BCUT2D eigenvalue weighted by Crippen LogP contribution is -2.30. The molecule has 7 heteroatoms. The molecular weight excluding hydrogens is 274 g/mol. The van der Waals surface area contributed by atoms with Crippen molar-refractivity contribution in [3.63, 3.8) is 0 Å². The van der Waals surface area contributed by atoms with Gasteiger partial charge in [-0.25, -0.2) is 17.2 Å². The summed E-state index contributed by atoms with van der Waals surface area (Å²) in [5.41, 5.74) is 4.94. The van der Waals surface area contributed by atoms with Crippen LogP contribution in [0.25, 0.3) is 0 Å². The Morgan fingerprint density at radius 1 is 1.16 bits per heavy atom. The highest BCUT2D eigenvalue weighted by molar-refractivity contribution is 7.89.